The van der Waals surface area contributed by atoms with Crippen LogP contribution in [0.4, 0.5) is 5.00 Å². The zero-order chi connectivity index (χ0) is 20.1. The summed E-state index contributed by atoms with van der Waals surface area (Å²) < 4.78 is 27.2. The van der Waals surface area contributed by atoms with Crippen LogP contribution < -0.4 is 5.32 Å². The van der Waals surface area contributed by atoms with E-state index in [1.54, 1.807) is 35.7 Å². The fourth-order valence-corrected chi connectivity index (χ4v) is 5.29. The summed E-state index contributed by atoms with van der Waals surface area (Å²) in [4.78, 5) is 14.5. The molecule has 0 bridgehead atoms. The summed E-state index contributed by atoms with van der Waals surface area (Å²) in [6, 6.07) is 10.6. The molecular weight excluding hydrogens is 396 g/mol. The summed E-state index contributed by atoms with van der Waals surface area (Å²) in [5.74, 6) is -0.200. The number of aryl methyl sites for hydroxylation is 1. The van der Waals surface area contributed by atoms with E-state index >= 15 is 0 Å². The average Bonchev–Trinajstić information content (AvgIpc) is 2.97. The maximum atomic E-state index is 12.9. The highest BCUT2D eigenvalue weighted by Gasteiger charge is 2.27. The van der Waals surface area contributed by atoms with Crippen LogP contribution in [0.5, 0.6) is 0 Å². The molecule has 1 aliphatic heterocycles. The first kappa shape index (κ1) is 20.5. The van der Waals surface area contributed by atoms with Crippen LogP contribution in [0.1, 0.15) is 17.5 Å². The smallest absolute Gasteiger partial charge is 0.243 e. The van der Waals surface area contributed by atoms with Gasteiger partial charge in [0.1, 0.15) is 11.1 Å². The molecule has 1 aromatic carbocycles. The average molecular weight is 419 g/mol. The van der Waals surface area contributed by atoms with Crippen molar-refractivity contribution in [2.45, 2.75) is 18.2 Å². The number of sulfonamides is 1. The lowest BCUT2D eigenvalue weighted by Gasteiger charge is -2.21. The number of hydrogen-bond acceptors (Lipinski definition) is 6. The van der Waals surface area contributed by atoms with E-state index in [0.717, 1.165) is 5.56 Å². The first-order valence-electron chi connectivity index (χ1n) is 8.97. The molecule has 0 aliphatic carbocycles. The number of amides is 1. The molecule has 9 heteroatoms. The molecule has 3 rings (SSSR count). The molecule has 0 atom stereocenters. The van der Waals surface area contributed by atoms with Crippen LogP contribution in [0.15, 0.2) is 40.6 Å². The van der Waals surface area contributed by atoms with Crippen molar-refractivity contribution in [2.75, 3.05) is 38.0 Å². The van der Waals surface area contributed by atoms with Gasteiger partial charge in [0, 0.05) is 19.6 Å². The summed E-state index contributed by atoms with van der Waals surface area (Å²) in [6.45, 7) is 3.98. The highest BCUT2D eigenvalue weighted by molar-refractivity contribution is 7.89. The number of thiophene rings is 1. The van der Waals surface area contributed by atoms with Crippen LogP contribution >= 0.6 is 11.3 Å². The number of anilines is 1. The second kappa shape index (κ2) is 8.84. The van der Waals surface area contributed by atoms with Crippen LogP contribution in [0.2, 0.25) is 0 Å². The van der Waals surface area contributed by atoms with Crippen molar-refractivity contribution < 1.29 is 13.2 Å². The van der Waals surface area contributed by atoms with E-state index in [1.165, 1.54) is 15.6 Å². The standard InChI is InChI=1S/C19H22N4O3S2/c1-15-3-5-17(6-4-15)28(25,26)23-9-2-8-22(10-11-23)14-18(24)21-19-16(13-20)7-12-27-19/h3-7,12H,2,8-11,14H2,1H3,(H,21,24). The zero-order valence-corrected chi connectivity index (χ0v) is 17.2. The lowest BCUT2D eigenvalue weighted by molar-refractivity contribution is -0.117. The van der Waals surface area contributed by atoms with E-state index in [-0.39, 0.29) is 12.5 Å². The molecule has 28 heavy (non-hydrogen) atoms. The molecule has 1 amide bonds. The van der Waals surface area contributed by atoms with Crippen LogP contribution in [0.25, 0.3) is 0 Å². The summed E-state index contributed by atoms with van der Waals surface area (Å²) in [5, 5.41) is 14.1. The Kier molecular flexibility index (Phi) is 6.46. The zero-order valence-electron chi connectivity index (χ0n) is 15.6. The maximum Gasteiger partial charge on any atom is 0.243 e. The Balaban J connectivity index is 1.59. The van der Waals surface area contributed by atoms with E-state index in [4.69, 9.17) is 5.26 Å². The highest BCUT2D eigenvalue weighted by Crippen LogP contribution is 2.22. The Bertz CT molecular complexity index is 977. The highest BCUT2D eigenvalue weighted by atomic mass is 32.2. The largest absolute Gasteiger partial charge is 0.315 e. The third kappa shape index (κ3) is 4.77. The number of benzene rings is 1. The van der Waals surface area contributed by atoms with Gasteiger partial charge in [-0.2, -0.15) is 9.57 Å². The minimum absolute atomic E-state index is 0.168. The molecule has 148 valence electrons. The van der Waals surface area contributed by atoms with Gasteiger partial charge in [-0.15, -0.1) is 11.3 Å². The van der Waals surface area contributed by atoms with Crippen LogP contribution in [-0.2, 0) is 14.8 Å². The summed E-state index contributed by atoms with van der Waals surface area (Å²) in [5.41, 5.74) is 1.46. The Morgan fingerprint density at radius 2 is 1.93 bits per heavy atom. The van der Waals surface area contributed by atoms with Crippen molar-refractivity contribution in [3.05, 3.63) is 46.8 Å². The molecule has 1 fully saturated rings. The number of carbonyl (C=O) groups excluding carboxylic acids is 1. The quantitative estimate of drug-likeness (QED) is 0.804. The van der Waals surface area contributed by atoms with Gasteiger partial charge in [-0.1, -0.05) is 17.7 Å². The van der Waals surface area contributed by atoms with Crippen LogP contribution in [0, 0.1) is 18.3 Å². The molecule has 0 radical (unpaired) electrons. The minimum Gasteiger partial charge on any atom is -0.315 e. The van der Waals surface area contributed by atoms with Crippen LogP contribution in [0.3, 0.4) is 0 Å². The number of rotatable bonds is 5. The van der Waals surface area contributed by atoms with Gasteiger partial charge < -0.3 is 5.32 Å². The second-order valence-electron chi connectivity index (χ2n) is 6.67. The molecule has 0 saturated carbocycles. The van der Waals surface area contributed by atoms with Crippen LogP contribution in [-0.4, -0.2) is 56.3 Å². The van der Waals surface area contributed by atoms with Crippen molar-refractivity contribution in [3.8, 4) is 6.07 Å². The topological polar surface area (TPSA) is 93.5 Å². The van der Waals surface area contributed by atoms with Crippen molar-refractivity contribution >= 4 is 32.3 Å². The molecule has 1 N–H and O–H groups in total. The predicted molar refractivity (Wildman–Crippen MR) is 109 cm³/mol. The van der Waals surface area contributed by atoms with E-state index in [2.05, 4.69) is 5.32 Å². The van der Waals surface area contributed by atoms with Gasteiger partial charge in [0.2, 0.25) is 15.9 Å². The monoisotopic (exact) mass is 418 g/mol. The first-order chi connectivity index (χ1) is 13.4. The molecule has 1 aromatic heterocycles. The Morgan fingerprint density at radius 1 is 1.18 bits per heavy atom. The summed E-state index contributed by atoms with van der Waals surface area (Å²) in [6.07, 6.45) is 0.654. The first-order valence-corrected chi connectivity index (χ1v) is 11.3. The van der Waals surface area contributed by atoms with Crippen molar-refractivity contribution in [1.29, 1.82) is 5.26 Å². The molecule has 1 saturated heterocycles. The summed E-state index contributed by atoms with van der Waals surface area (Å²) >= 11 is 1.31. The maximum absolute atomic E-state index is 12.9. The van der Waals surface area contributed by atoms with Gasteiger partial charge in [0.15, 0.2) is 0 Å². The second-order valence-corrected chi connectivity index (χ2v) is 9.52. The Hall–Kier alpha value is -2.25. The molecule has 7 nitrogen and oxygen atoms in total. The Labute approximate surface area is 169 Å². The number of hydrogen-bond donors (Lipinski definition) is 1. The molecular formula is C19H22N4O3S2. The lowest BCUT2D eigenvalue weighted by atomic mass is 10.2. The molecule has 1 aliphatic rings. The fraction of sp³-hybridized carbons (Fsp3) is 0.368. The van der Waals surface area contributed by atoms with E-state index < -0.39 is 10.0 Å². The number of nitriles is 1. The molecule has 0 spiro atoms. The molecule has 2 heterocycles. The number of nitrogens with one attached hydrogen (secondary N) is 1. The molecule has 0 unspecified atom stereocenters. The molecule has 2 aromatic rings. The SMILES string of the molecule is Cc1ccc(S(=O)(=O)N2CCCN(CC(=O)Nc3sccc3C#N)CC2)cc1. The number of nitrogens with zero attached hydrogens (tertiary/aromatic N) is 3. The Morgan fingerprint density at radius 3 is 2.64 bits per heavy atom. The van der Waals surface area contributed by atoms with Gasteiger partial charge in [-0.25, -0.2) is 8.42 Å². The summed E-state index contributed by atoms with van der Waals surface area (Å²) in [7, 11) is -3.53. The van der Waals surface area contributed by atoms with Gasteiger partial charge in [0.05, 0.1) is 17.0 Å². The third-order valence-electron chi connectivity index (χ3n) is 4.61. The third-order valence-corrected chi connectivity index (χ3v) is 7.35. The van der Waals surface area contributed by atoms with Crippen molar-refractivity contribution in [2.24, 2.45) is 0 Å². The predicted octanol–water partition coefficient (Wildman–Crippen LogP) is 2.26. The van der Waals surface area contributed by atoms with E-state index in [9.17, 15) is 13.2 Å². The fourth-order valence-electron chi connectivity index (χ4n) is 3.07. The normalized spacial score (nSPS) is 16.3. The van der Waals surface area contributed by atoms with Crippen molar-refractivity contribution in [3.63, 3.8) is 0 Å². The lowest BCUT2D eigenvalue weighted by Crippen LogP contribution is -2.38. The van der Waals surface area contributed by atoms with Gasteiger partial charge in [0.25, 0.3) is 0 Å². The van der Waals surface area contributed by atoms with Gasteiger partial charge in [-0.05, 0) is 43.5 Å². The van der Waals surface area contributed by atoms with Gasteiger partial charge >= 0.3 is 0 Å². The van der Waals surface area contributed by atoms with E-state index in [1.807, 2.05) is 17.9 Å². The minimum atomic E-state index is -3.53. The number of carbonyl (C=O) groups is 1. The van der Waals surface area contributed by atoms with E-state index in [0.29, 0.717) is 48.1 Å². The van der Waals surface area contributed by atoms with Gasteiger partial charge in [-0.3, -0.25) is 9.69 Å². The van der Waals surface area contributed by atoms with Crippen molar-refractivity contribution in [1.82, 2.24) is 9.21 Å².